The Morgan fingerprint density at radius 2 is 1.95 bits per heavy atom. The van der Waals surface area contributed by atoms with Crippen molar-refractivity contribution in [2.45, 2.75) is 45.4 Å². The van der Waals surface area contributed by atoms with E-state index in [0.717, 1.165) is 5.56 Å². The van der Waals surface area contributed by atoms with E-state index >= 15 is 0 Å². The molecule has 0 bridgehead atoms. The molecule has 0 fully saturated rings. The van der Waals surface area contributed by atoms with E-state index in [9.17, 15) is 8.42 Å². The largest absolute Gasteiger partial charge is 0.489 e. The third-order valence-electron chi connectivity index (χ3n) is 2.92. The Hall–Kier alpha value is -1.00. The molecule has 0 aliphatic carbocycles. The number of ether oxygens (including phenoxy) is 1. The summed E-state index contributed by atoms with van der Waals surface area (Å²) in [5, 5.41) is 0. The van der Waals surface area contributed by atoms with E-state index in [2.05, 4.69) is 0 Å². The van der Waals surface area contributed by atoms with Crippen molar-refractivity contribution >= 4 is 19.7 Å². The van der Waals surface area contributed by atoms with Gasteiger partial charge >= 0.3 is 0 Å². The average molecular weight is 317 g/mol. The lowest BCUT2D eigenvalue weighted by Crippen LogP contribution is -2.04. The Morgan fingerprint density at radius 3 is 2.40 bits per heavy atom. The zero-order chi connectivity index (χ0) is 15.5. The first-order valence-corrected chi connectivity index (χ1v) is 8.79. The maximum atomic E-state index is 11.6. The van der Waals surface area contributed by atoms with E-state index in [1.54, 1.807) is 12.1 Å². The molecule has 1 aromatic carbocycles. The van der Waals surface area contributed by atoms with Crippen LogP contribution in [0.2, 0.25) is 0 Å². The number of hydrogen-bond acceptors (Lipinski definition) is 3. The molecule has 0 amide bonds. The minimum Gasteiger partial charge on any atom is -0.489 e. The highest BCUT2D eigenvalue weighted by atomic mass is 35.7. The number of allylic oxidation sites excluding steroid dienone is 1. The highest BCUT2D eigenvalue weighted by molar-refractivity contribution is 8.13. The highest BCUT2D eigenvalue weighted by Crippen LogP contribution is 2.32. The molecule has 0 unspecified atom stereocenters. The second-order valence-electron chi connectivity index (χ2n) is 5.34. The van der Waals surface area contributed by atoms with Crippen LogP contribution in [0.25, 0.3) is 0 Å². The van der Waals surface area contributed by atoms with Crippen LogP contribution in [0.15, 0.2) is 28.7 Å². The summed E-state index contributed by atoms with van der Waals surface area (Å²) >= 11 is 0. The standard InChI is InChI=1S/C15H21ClO3S/c1-10(2)6-7-19-14-9-13(11(3)4)15(8-12(14)5)20(16,17)18/h6,8-9,11H,7H2,1-5H3. The van der Waals surface area contributed by atoms with E-state index in [-0.39, 0.29) is 10.8 Å². The summed E-state index contributed by atoms with van der Waals surface area (Å²) in [6.07, 6.45) is 1.97. The minimum absolute atomic E-state index is 0.0462. The Kier molecular flexibility index (Phi) is 5.66. The van der Waals surface area contributed by atoms with E-state index < -0.39 is 9.05 Å². The highest BCUT2D eigenvalue weighted by Gasteiger charge is 2.20. The van der Waals surface area contributed by atoms with E-state index in [0.29, 0.717) is 17.9 Å². The van der Waals surface area contributed by atoms with Crippen molar-refractivity contribution < 1.29 is 13.2 Å². The van der Waals surface area contributed by atoms with Gasteiger partial charge in [0.05, 0.1) is 4.90 Å². The lowest BCUT2D eigenvalue weighted by molar-refractivity contribution is 0.358. The molecule has 112 valence electrons. The Labute approximate surface area is 126 Å². The molecular formula is C15H21ClO3S. The van der Waals surface area contributed by atoms with Crippen LogP contribution < -0.4 is 4.74 Å². The van der Waals surface area contributed by atoms with Crippen molar-refractivity contribution in [1.82, 2.24) is 0 Å². The van der Waals surface area contributed by atoms with Crippen LogP contribution >= 0.6 is 10.7 Å². The summed E-state index contributed by atoms with van der Waals surface area (Å²) in [5.74, 6) is 0.736. The van der Waals surface area contributed by atoms with Gasteiger partial charge in [-0.25, -0.2) is 8.42 Å². The van der Waals surface area contributed by atoms with E-state index in [1.807, 2.05) is 40.7 Å². The maximum absolute atomic E-state index is 11.6. The normalized spacial score (nSPS) is 11.6. The summed E-state index contributed by atoms with van der Waals surface area (Å²) < 4.78 is 29.0. The molecule has 0 saturated carbocycles. The number of hydrogen-bond donors (Lipinski definition) is 0. The van der Waals surface area contributed by atoms with Crippen molar-refractivity contribution in [2.24, 2.45) is 0 Å². The second kappa shape index (κ2) is 6.64. The Balaban J connectivity index is 3.24. The number of benzene rings is 1. The molecule has 0 heterocycles. The molecule has 0 aliphatic rings. The lowest BCUT2D eigenvalue weighted by Gasteiger charge is -2.15. The lowest BCUT2D eigenvalue weighted by atomic mass is 10.0. The molecule has 0 spiro atoms. The maximum Gasteiger partial charge on any atom is 0.261 e. The summed E-state index contributed by atoms with van der Waals surface area (Å²) in [6, 6.07) is 3.35. The average Bonchev–Trinajstić information content (AvgIpc) is 2.28. The fourth-order valence-electron chi connectivity index (χ4n) is 1.79. The molecule has 0 aromatic heterocycles. The van der Waals surface area contributed by atoms with Crippen LogP contribution in [0.4, 0.5) is 0 Å². The molecule has 20 heavy (non-hydrogen) atoms. The monoisotopic (exact) mass is 316 g/mol. The first-order chi connectivity index (χ1) is 9.12. The van der Waals surface area contributed by atoms with Gasteiger partial charge in [-0.05, 0) is 56.0 Å². The minimum atomic E-state index is -3.75. The van der Waals surface area contributed by atoms with Gasteiger partial charge in [0, 0.05) is 10.7 Å². The van der Waals surface area contributed by atoms with Crippen LogP contribution in [0.3, 0.4) is 0 Å². The molecule has 0 saturated heterocycles. The molecule has 0 atom stereocenters. The molecule has 0 N–H and O–H groups in total. The number of rotatable bonds is 5. The third-order valence-corrected chi connectivity index (χ3v) is 4.30. The summed E-state index contributed by atoms with van der Waals surface area (Å²) in [7, 11) is 1.75. The first-order valence-electron chi connectivity index (χ1n) is 6.48. The van der Waals surface area contributed by atoms with Gasteiger partial charge in [0.15, 0.2) is 0 Å². The second-order valence-corrected chi connectivity index (χ2v) is 7.87. The fraction of sp³-hybridized carbons (Fsp3) is 0.467. The molecule has 1 aromatic rings. The van der Waals surface area contributed by atoms with Crippen molar-refractivity contribution in [2.75, 3.05) is 6.61 Å². The summed E-state index contributed by atoms with van der Waals surface area (Å²) in [4.78, 5) is 0.168. The van der Waals surface area contributed by atoms with Gasteiger partial charge in [0.1, 0.15) is 12.4 Å². The third kappa shape index (κ3) is 4.53. The summed E-state index contributed by atoms with van der Waals surface area (Å²) in [6.45, 7) is 10.1. The van der Waals surface area contributed by atoms with E-state index in [4.69, 9.17) is 15.4 Å². The molecule has 1 rings (SSSR count). The van der Waals surface area contributed by atoms with Crippen molar-refractivity contribution in [3.63, 3.8) is 0 Å². The van der Waals surface area contributed by atoms with Gasteiger partial charge in [0.25, 0.3) is 9.05 Å². The van der Waals surface area contributed by atoms with Crippen LogP contribution in [-0.2, 0) is 9.05 Å². The summed E-state index contributed by atoms with van der Waals surface area (Å²) in [5.41, 5.74) is 2.61. The Bertz CT molecular complexity index is 612. The quantitative estimate of drug-likeness (QED) is 0.597. The van der Waals surface area contributed by atoms with Crippen molar-refractivity contribution in [3.8, 4) is 5.75 Å². The number of halogens is 1. The fourth-order valence-corrected chi connectivity index (χ4v) is 3.09. The molecule has 0 aliphatic heterocycles. The Morgan fingerprint density at radius 1 is 1.35 bits per heavy atom. The smallest absolute Gasteiger partial charge is 0.261 e. The predicted molar refractivity (Wildman–Crippen MR) is 83.2 cm³/mol. The van der Waals surface area contributed by atoms with Crippen molar-refractivity contribution in [3.05, 3.63) is 34.9 Å². The van der Waals surface area contributed by atoms with Crippen LogP contribution in [0.5, 0.6) is 5.75 Å². The SMILES string of the molecule is CC(C)=CCOc1cc(C(C)C)c(S(=O)(=O)Cl)cc1C. The molecule has 5 heteroatoms. The zero-order valence-electron chi connectivity index (χ0n) is 12.5. The van der Waals surface area contributed by atoms with Crippen LogP contribution in [0.1, 0.15) is 44.7 Å². The zero-order valence-corrected chi connectivity index (χ0v) is 14.1. The van der Waals surface area contributed by atoms with Gasteiger partial charge in [-0.3, -0.25) is 0 Å². The van der Waals surface area contributed by atoms with Gasteiger partial charge in [0.2, 0.25) is 0 Å². The molecule has 3 nitrogen and oxygen atoms in total. The first kappa shape index (κ1) is 17.1. The van der Waals surface area contributed by atoms with E-state index in [1.165, 1.54) is 5.57 Å². The van der Waals surface area contributed by atoms with Gasteiger partial charge in [-0.1, -0.05) is 19.4 Å². The van der Waals surface area contributed by atoms with Crippen LogP contribution in [0, 0.1) is 6.92 Å². The number of aryl methyl sites for hydroxylation is 1. The van der Waals surface area contributed by atoms with Gasteiger partial charge in [-0.2, -0.15) is 0 Å². The topological polar surface area (TPSA) is 43.4 Å². The van der Waals surface area contributed by atoms with Gasteiger partial charge in [-0.15, -0.1) is 0 Å². The molecule has 0 radical (unpaired) electrons. The van der Waals surface area contributed by atoms with Crippen LogP contribution in [-0.4, -0.2) is 15.0 Å². The molecular weight excluding hydrogens is 296 g/mol. The van der Waals surface area contributed by atoms with Gasteiger partial charge < -0.3 is 4.74 Å². The van der Waals surface area contributed by atoms with Crippen molar-refractivity contribution in [1.29, 1.82) is 0 Å². The predicted octanol–water partition coefficient (Wildman–Crippen LogP) is 4.39.